The van der Waals surface area contributed by atoms with Crippen LogP contribution in [0.2, 0.25) is 0 Å². The Morgan fingerprint density at radius 1 is 1.23 bits per heavy atom. The van der Waals surface area contributed by atoms with E-state index in [2.05, 4.69) is 28.1 Å². The van der Waals surface area contributed by atoms with Gasteiger partial charge in [-0.1, -0.05) is 0 Å². The number of aliphatic hydroxyl groups excluding tert-OH is 1. The standard InChI is InChI=1S/C10H16N5O12P3/c11-9-8-10(13-3-12-9)15(4-14-8)7-1-5(16)6(25-7)2-24-29(20,21)27-30(22,23)26-28(17,18)19/h3-7,16H,1-2H2,(H,20,21)(H,22,23)(H2,11,12,13)(H2,17,18,19)/p-2/t5-,6+,7+/m0/s1. The summed E-state index contributed by atoms with van der Waals surface area (Å²) in [6.07, 6.45) is -0.822. The highest BCUT2D eigenvalue weighted by atomic mass is 31.3. The number of imidazole rings is 1. The van der Waals surface area contributed by atoms with Crippen molar-refractivity contribution in [2.45, 2.75) is 24.9 Å². The number of hydrogen-bond donors (Lipinski definition) is 4. The minimum atomic E-state index is -5.78. The van der Waals surface area contributed by atoms with Crippen LogP contribution in [0.5, 0.6) is 0 Å². The van der Waals surface area contributed by atoms with Crippen LogP contribution >= 0.6 is 23.5 Å². The number of nitrogen functional groups attached to an aromatic ring is 1. The van der Waals surface area contributed by atoms with Gasteiger partial charge in [0.25, 0.3) is 15.6 Å². The summed E-state index contributed by atoms with van der Waals surface area (Å²) >= 11 is 0. The lowest BCUT2D eigenvalue weighted by molar-refractivity contribution is -0.222. The summed E-state index contributed by atoms with van der Waals surface area (Å²) in [6.45, 7) is -0.865. The highest BCUT2D eigenvalue weighted by Gasteiger charge is 2.38. The maximum Gasteiger partial charge on any atom is 0.485 e. The Morgan fingerprint density at radius 2 is 1.93 bits per heavy atom. The number of nitrogens with two attached hydrogens (primary N) is 1. The molecule has 168 valence electrons. The molecule has 1 aliphatic rings. The van der Waals surface area contributed by atoms with Crippen LogP contribution in [0.15, 0.2) is 12.7 Å². The molecule has 1 saturated heterocycles. The zero-order valence-corrected chi connectivity index (χ0v) is 17.2. The van der Waals surface area contributed by atoms with Gasteiger partial charge in [0.05, 0.1) is 19.0 Å². The van der Waals surface area contributed by atoms with E-state index in [9.17, 15) is 28.6 Å². The molecule has 0 spiro atoms. The summed E-state index contributed by atoms with van der Waals surface area (Å²) in [4.78, 5) is 51.3. The number of nitrogens with zero attached hydrogens (tertiary/aromatic N) is 4. The fourth-order valence-corrected chi connectivity index (χ4v) is 5.54. The molecule has 30 heavy (non-hydrogen) atoms. The van der Waals surface area contributed by atoms with Crippen LogP contribution in [0.25, 0.3) is 11.2 Å². The molecule has 0 bridgehead atoms. The van der Waals surface area contributed by atoms with Gasteiger partial charge in [0.2, 0.25) is 0 Å². The lowest BCUT2D eigenvalue weighted by Crippen LogP contribution is -2.27. The molecule has 3 heterocycles. The van der Waals surface area contributed by atoms with Crippen molar-refractivity contribution in [1.82, 2.24) is 19.5 Å². The minimum Gasteiger partial charge on any atom is -0.756 e. The number of aromatic nitrogens is 4. The first-order valence-corrected chi connectivity index (χ1v) is 12.2. The molecule has 3 unspecified atom stereocenters. The minimum absolute atomic E-state index is 0.0289. The van der Waals surface area contributed by atoms with Gasteiger partial charge in [0, 0.05) is 6.42 Å². The number of phosphoric acid groups is 3. The van der Waals surface area contributed by atoms with Crippen molar-refractivity contribution in [3.8, 4) is 0 Å². The molecule has 0 saturated carbocycles. The molecule has 6 atom stereocenters. The van der Waals surface area contributed by atoms with Crippen molar-refractivity contribution < 1.29 is 56.3 Å². The molecule has 5 N–H and O–H groups in total. The van der Waals surface area contributed by atoms with Crippen molar-refractivity contribution in [2.75, 3.05) is 12.3 Å². The first-order valence-electron chi connectivity index (χ1n) is 7.78. The van der Waals surface area contributed by atoms with Crippen molar-refractivity contribution in [3.63, 3.8) is 0 Å². The zero-order chi connectivity index (χ0) is 22.3. The maximum atomic E-state index is 11.6. The SMILES string of the molecule is Nc1ncnc2c1ncn2[C@H]1C[C@H](O)[C@@H](COP(=O)([O-])OP(=O)(O)OP(=O)([O-])O)O1. The second-order valence-electron chi connectivity index (χ2n) is 5.86. The van der Waals surface area contributed by atoms with E-state index in [0.717, 1.165) is 0 Å². The Hall–Kier alpha value is -1.32. The molecule has 1 fully saturated rings. The molecule has 0 radical (unpaired) electrons. The first kappa shape index (κ1) is 23.3. The second kappa shape index (κ2) is 8.31. The molecule has 0 aromatic carbocycles. The molecule has 3 rings (SSSR count). The van der Waals surface area contributed by atoms with Gasteiger partial charge in [-0.15, -0.1) is 0 Å². The third-order valence-corrected chi connectivity index (χ3v) is 7.45. The average molecular weight is 489 g/mol. The predicted molar refractivity (Wildman–Crippen MR) is 89.6 cm³/mol. The Bertz CT molecular complexity index is 1070. The van der Waals surface area contributed by atoms with Crippen molar-refractivity contribution in [2.24, 2.45) is 0 Å². The zero-order valence-electron chi connectivity index (χ0n) is 14.5. The number of phosphoric ester groups is 1. The van der Waals surface area contributed by atoms with Gasteiger partial charge in [0.1, 0.15) is 24.2 Å². The van der Waals surface area contributed by atoms with Crippen LogP contribution in [0, 0.1) is 0 Å². The summed E-state index contributed by atoms with van der Waals surface area (Å²) in [7, 11) is -17.2. The van der Waals surface area contributed by atoms with Gasteiger partial charge in [-0.05, 0) is 0 Å². The molecule has 17 nitrogen and oxygen atoms in total. The second-order valence-corrected chi connectivity index (χ2v) is 10.2. The van der Waals surface area contributed by atoms with Crippen LogP contribution < -0.4 is 15.5 Å². The molecular formula is C10H14N5O12P3-2. The van der Waals surface area contributed by atoms with Gasteiger partial charge < -0.3 is 39.7 Å². The topological polar surface area (TPSA) is 265 Å². The molecule has 1 aliphatic heterocycles. The quantitative estimate of drug-likeness (QED) is 0.296. The van der Waals surface area contributed by atoms with Crippen LogP contribution in [0.4, 0.5) is 5.82 Å². The molecule has 2 aromatic rings. The number of fused-ring (bicyclic) bond motifs is 1. The summed E-state index contributed by atoms with van der Waals surface area (Å²) in [5, 5.41) is 10.1. The van der Waals surface area contributed by atoms with Crippen molar-refractivity contribution >= 4 is 40.4 Å². The highest BCUT2D eigenvalue weighted by molar-refractivity contribution is 7.65. The molecule has 2 aromatic heterocycles. The summed E-state index contributed by atoms with van der Waals surface area (Å²) < 4.78 is 51.5. The Kier molecular flexibility index (Phi) is 6.47. The predicted octanol–water partition coefficient (Wildman–Crippen LogP) is -1.86. The van der Waals surface area contributed by atoms with Crippen LogP contribution in [-0.2, 0) is 31.6 Å². The fraction of sp³-hybridized carbons (Fsp3) is 0.500. The third-order valence-electron chi connectivity index (χ3n) is 3.71. The monoisotopic (exact) mass is 489 g/mol. The summed E-state index contributed by atoms with van der Waals surface area (Å²) in [6, 6.07) is 0. The summed E-state index contributed by atoms with van der Waals surface area (Å²) in [5.74, 6) is 0.114. The van der Waals surface area contributed by atoms with E-state index < -0.39 is 48.5 Å². The van der Waals surface area contributed by atoms with Gasteiger partial charge in [0.15, 0.2) is 11.5 Å². The molecule has 0 aliphatic carbocycles. The molecule has 20 heteroatoms. The van der Waals surface area contributed by atoms with E-state index in [-0.39, 0.29) is 17.8 Å². The van der Waals surface area contributed by atoms with Crippen LogP contribution in [-0.4, -0.2) is 53.2 Å². The maximum absolute atomic E-state index is 11.6. The third kappa shape index (κ3) is 5.68. The number of rotatable bonds is 8. The largest absolute Gasteiger partial charge is 0.756 e. The fourth-order valence-electron chi connectivity index (χ4n) is 2.58. The lowest BCUT2D eigenvalue weighted by atomic mass is 10.2. The van der Waals surface area contributed by atoms with Crippen molar-refractivity contribution in [3.05, 3.63) is 12.7 Å². The summed E-state index contributed by atoms with van der Waals surface area (Å²) in [5.41, 5.74) is 6.26. The Labute approximate surface area is 166 Å². The highest BCUT2D eigenvalue weighted by Crippen LogP contribution is 2.63. The van der Waals surface area contributed by atoms with Crippen LogP contribution in [0.1, 0.15) is 12.6 Å². The van der Waals surface area contributed by atoms with E-state index in [0.29, 0.717) is 5.65 Å². The van der Waals surface area contributed by atoms with E-state index in [1.165, 1.54) is 17.2 Å². The normalized spacial score (nSPS) is 28.1. The van der Waals surface area contributed by atoms with E-state index in [1.54, 1.807) is 0 Å². The first-order chi connectivity index (χ1) is 13.8. The van der Waals surface area contributed by atoms with Gasteiger partial charge in [-0.25, -0.2) is 28.1 Å². The van der Waals surface area contributed by atoms with Gasteiger partial charge in [-0.2, -0.15) is 0 Å². The number of aliphatic hydroxyl groups is 1. The van der Waals surface area contributed by atoms with E-state index in [1.807, 2.05) is 0 Å². The molecular weight excluding hydrogens is 475 g/mol. The molecule has 0 amide bonds. The van der Waals surface area contributed by atoms with Crippen molar-refractivity contribution in [1.29, 1.82) is 0 Å². The number of anilines is 1. The van der Waals surface area contributed by atoms with E-state index >= 15 is 0 Å². The number of hydrogen-bond acceptors (Lipinski definition) is 14. The lowest BCUT2D eigenvalue weighted by Gasteiger charge is -2.27. The van der Waals surface area contributed by atoms with E-state index in [4.69, 9.17) is 20.3 Å². The average Bonchev–Trinajstić information content (AvgIpc) is 3.14. The Morgan fingerprint density at radius 3 is 2.60 bits per heavy atom. The van der Waals surface area contributed by atoms with Crippen LogP contribution in [0.3, 0.4) is 0 Å². The Balaban J connectivity index is 1.64. The number of ether oxygens (including phenoxy) is 1. The smallest absolute Gasteiger partial charge is 0.485 e. The van der Waals surface area contributed by atoms with Gasteiger partial charge in [-0.3, -0.25) is 13.7 Å². The van der Waals surface area contributed by atoms with Gasteiger partial charge >= 0.3 is 7.82 Å².